The van der Waals surface area contributed by atoms with E-state index in [9.17, 15) is 4.79 Å². The van der Waals surface area contributed by atoms with Gasteiger partial charge in [0.15, 0.2) is 0 Å². The average Bonchev–Trinajstić information content (AvgIpc) is 2.66. The zero-order valence-corrected chi connectivity index (χ0v) is 14.7. The van der Waals surface area contributed by atoms with Crippen molar-refractivity contribution >= 4 is 23.1 Å². The van der Waals surface area contributed by atoms with E-state index in [1.165, 1.54) is 12.4 Å². The molecule has 26 heavy (non-hydrogen) atoms. The van der Waals surface area contributed by atoms with Crippen molar-refractivity contribution in [2.24, 2.45) is 0 Å². The quantitative estimate of drug-likeness (QED) is 0.699. The first-order chi connectivity index (χ1) is 12.7. The van der Waals surface area contributed by atoms with Crippen LogP contribution >= 0.6 is 0 Å². The molecule has 0 bridgehead atoms. The van der Waals surface area contributed by atoms with Crippen molar-refractivity contribution in [2.75, 3.05) is 17.2 Å². The van der Waals surface area contributed by atoms with E-state index in [2.05, 4.69) is 20.6 Å². The molecule has 0 saturated heterocycles. The van der Waals surface area contributed by atoms with Gasteiger partial charge < -0.3 is 15.4 Å². The summed E-state index contributed by atoms with van der Waals surface area (Å²) >= 11 is 0. The second-order valence-corrected chi connectivity index (χ2v) is 5.61. The van der Waals surface area contributed by atoms with Crippen LogP contribution in [-0.4, -0.2) is 22.5 Å². The molecule has 0 fully saturated rings. The van der Waals surface area contributed by atoms with Crippen LogP contribution < -0.4 is 15.4 Å². The third-order valence-electron chi connectivity index (χ3n) is 3.73. The van der Waals surface area contributed by atoms with Gasteiger partial charge in [-0.25, -0.2) is 9.97 Å². The van der Waals surface area contributed by atoms with Crippen LogP contribution in [0.2, 0.25) is 0 Å². The summed E-state index contributed by atoms with van der Waals surface area (Å²) in [6.45, 7) is 4.42. The lowest BCUT2D eigenvalue weighted by Crippen LogP contribution is -2.15. The van der Waals surface area contributed by atoms with Crippen molar-refractivity contribution in [3.8, 4) is 5.75 Å². The molecule has 132 valence electrons. The highest BCUT2D eigenvalue weighted by Gasteiger charge is 2.11. The fraction of sp³-hybridized carbons (Fsp3) is 0.150. The molecule has 2 aromatic carbocycles. The standard InChI is InChI=1S/C20H20N4O2/c1-3-26-18-11-7-6-10-16(18)24-20(25)17-12-22-19(13-21-17)23-15-9-5-4-8-14(15)2/h4-13H,3H2,1-2H3,(H,22,23)(H,24,25). The fourth-order valence-electron chi connectivity index (χ4n) is 2.40. The van der Waals surface area contributed by atoms with Crippen molar-refractivity contribution in [1.29, 1.82) is 0 Å². The SMILES string of the molecule is CCOc1ccccc1NC(=O)c1cnc(Nc2ccccc2C)cn1. The zero-order chi connectivity index (χ0) is 18.4. The maximum atomic E-state index is 12.4. The molecule has 6 heteroatoms. The van der Waals surface area contributed by atoms with Crippen LogP contribution in [0.3, 0.4) is 0 Å². The summed E-state index contributed by atoms with van der Waals surface area (Å²) in [4.78, 5) is 20.9. The molecule has 0 radical (unpaired) electrons. The maximum Gasteiger partial charge on any atom is 0.275 e. The van der Waals surface area contributed by atoms with E-state index in [-0.39, 0.29) is 11.6 Å². The van der Waals surface area contributed by atoms with Gasteiger partial charge in [-0.05, 0) is 37.6 Å². The van der Waals surface area contributed by atoms with Gasteiger partial charge in [0, 0.05) is 5.69 Å². The largest absolute Gasteiger partial charge is 0.492 e. The van der Waals surface area contributed by atoms with Gasteiger partial charge in [0.2, 0.25) is 0 Å². The van der Waals surface area contributed by atoms with E-state index < -0.39 is 0 Å². The third-order valence-corrected chi connectivity index (χ3v) is 3.73. The number of rotatable bonds is 6. The molecule has 0 saturated carbocycles. The highest BCUT2D eigenvalue weighted by molar-refractivity contribution is 6.03. The predicted octanol–water partition coefficient (Wildman–Crippen LogP) is 4.18. The summed E-state index contributed by atoms with van der Waals surface area (Å²) in [5, 5.41) is 5.99. The summed E-state index contributed by atoms with van der Waals surface area (Å²) in [7, 11) is 0. The first kappa shape index (κ1) is 17.4. The van der Waals surface area contributed by atoms with Crippen molar-refractivity contribution in [2.45, 2.75) is 13.8 Å². The number of carbonyl (C=O) groups is 1. The highest BCUT2D eigenvalue weighted by atomic mass is 16.5. The topological polar surface area (TPSA) is 76.1 Å². The van der Waals surface area contributed by atoms with Crippen molar-refractivity contribution < 1.29 is 9.53 Å². The number of aryl methyl sites for hydroxylation is 1. The van der Waals surface area contributed by atoms with Crippen LogP contribution in [0.5, 0.6) is 5.75 Å². The van der Waals surface area contributed by atoms with Crippen LogP contribution in [0, 0.1) is 6.92 Å². The van der Waals surface area contributed by atoms with Crippen LogP contribution in [0.15, 0.2) is 60.9 Å². The summed E-state index contributed by atoms with van der Waals surface area (Å²) in [5.41, 5.74) is 2.88. The molecule has 1 aromatic heterocycles. The summed E-state index contributed by atoms with van der Waals surface area (Å²) in [6, 6.07) is 15.2. The first-order valence-electron chi connectivity index (χ1n) is 8.35. The number of nitrogens with zero attached hydrogens (tertiary/aromatic N) is 2. The number of benzene rings is 2. The molecular weight excluding hydrogens is 328 g/mol. The van der Waals surface area contributed by atoms with Gasteiger partial charge in [0.05, 0.1) is 24.7 Å². The van der Waals surface area contributed by atoms with Crippen molar-refractivity contribution in [3.05, 3.63) is 72.2 Å². The molecule has 0 aliphatic rings. The minimum atomic E-state index is -0.341. The number of hydrogen-bond donors (Lipinski definition) is 2. The molecule has 6 nitrogen and oxygen atoms in total. The molecular formula is C20H20N4O2. The maximum absolute atomic E-state index is 12.4. The highest BCUT2D eigenvalue weighted by Crippen LogP contribution is 2.24. The normalized spacial score (nSPS) is 10.2. The Morgan fingerprint density at radius 2 is 1.73 bits per heavy atom. The smallest absolute Gasteiger partial charge is 0.275 e. The summed E-state index contributed by atoms with van der Waals surface area (Å²) in [6.07, 6.45) is 2.98. The number of anilines is 3. The number of hydrogen-bond acceptors (Lipinski definition) is 5. The van der Waals surface area contributed by atoms with Gasteiger partial charge in [-0.2, -0.15) is 0 Å². The van der Waals surface area contributed by atoms with Gasteiger partial charge in [-0.3, -0.25) is 4.79 Å². The van der Waals surface area contributed by atoms with E-state index >= 15 is 0 Å². The van der Waals surface area contributed by atoms with Crippen molar-refractivity contribution in [3.63, 3.8) is 0 Å². The van der Waals surface area contributed by atoms with E-state index in [1.54, 1.807) is 12.1 Å². The van der Waals surface area contributed by atoms with Gasteiger partial charge in [-0.15, -0.1) is 0 Å². The van der Waals surface area contributed by atoms with Crippen LogP contribution in [-0.2, 0) is 0 Å². The van der Waals surface area contributed by atoms with Crippen molar-refractivity contribution in [1.82, 2.24) is 9.97 Å². The predicted molar refractivity (Wildman–Crippen MR) is 102 cm³/mol. The molecule has 0 atom stereocenters. The second-order valence-electron chi connectivity index (χ2n) is 5.61. The lowest BCUT2D eigenvalue weighted by Gasteiger charge is -2.11. The van der Waals surface area contributed by atoms with Gasteiger partial charge in [-0.1, -0.05) is 30.3 Å². The Morgan fingerprint density at radius 1 is 1.00 bits per heavy atom. The van der Waals surface area contributed by atoms with Gasteiger partial charge in [0.1, 0.15) is 17.3 Å². The van der Waals surface area contributed by atoms with Crippen LogP contribution in [0.4, 0.5) is 17.2 Å². The Balaban J connectivity index is 1.70. The lowest BCUT2D eigenvalue weighted by molar-refractivity contribution is 0.102. The number of carbonyl (C=O) groups excluding carboxylic acids is 1. The Morgan fingerprint density at radius 3 is 2.42 bits per heavy atom. The molecule has 0 aliphatic carbocycles. The van der Waals surface area contributed by atoms with Crippen LogP contribution in [0.1, 0.15) is 23.0 Å². The van der Waals surface area contributed by atoms with E-state index in [1.807, 2.05) is 50.2 Å². The molecule has 3 rings (SSSR count). The summed E-state index contributed by atoms with van der Waals surface area (Å²) < 4.78 is 5.51. The molecule has 0 aliphatic heterocycles. The fourth-order valence-corrected chi connectivity index (χ4v) is 2.40. The Labute approximate surface area is 152 Å². The number of nitrogens with one attached hydrogen (secondary N) is 2. The monoisotopic (exact) mass is 348 g/mol. The molecule has 1 heterocycles. The summed E-state index contributed by atoms with van der Waals surface area (Å²) in [5.74, 6) is 0.854. The lowest BCUT2D eigenvalue weighted by atomic mass is 10.2. The second kappa shape index (κ2) is 8.11. The minimum Gasteiger partial charge on any atom is -0.492 e. The minimum absolute atomic E-state index is 0.228. The van der Waals surface area contributed by atoms with E-state index in [0.29, 0.717) is 23.9 Å². The zero-order valence-electron chi connectivity index (χ0n) is 14.7. The first-order valence-corrected chi connectivity index (χ1v) is 8.35. The number of ether oxygens (including phenoxy) is 1. The Bertz CT molecular complexity index is 894. The van der Waals surface area contributed by atoms with E-state index in [4.69, 9.17) is 4.74 Å². The molecule has 3 aromatic rings. The Hall–Kier alpha value is -3.41. The molecule has 2 N–H and O–H groups in total. The number of para-hydroxylation sites is 3. The molecule has 1 amide bonds. The van der Waals surface area contributed by atoms with Gasteiger partial charge in [0.25, 0.3) is 5.91 Å². The Kier molecular flexibility index (Phi) is 5.43. The van der Waals surface area contributed by atoms with E-state index in [0.717, 1.165) is 11.3 Å². The average molecular weight is 348 g/mol. The van der Waals surface area contributed by atoms with Crippen LogP contribution in [0.25, 0.3) is 0 Å². The van der Waals surface area contributed by atoms with Gasteiger partial charge >= 0.3 is 0 Å². The molecule has 0 spiro atoms. The third kappa shape index (κ3) is 4.16. The molecule has 0 unspecified atom stereocenters. The number of amides is 1. The number of aromatic nitrogens is 2.